The number of hydrogen-bond acceptors (Lipinski definition) is 5. The van der Waals surface area contributed by atoms with Gasteiger partial charge in [0, 0.05) is 11.8 Å². The second-order valence-corrected chi connectivity index (χ2v) is 4.01. The van der Waals surface area contributed by atoms with E-state index in [0.29, 0.717) is 11.3 Å². The third-order valence-electron chi connectivity index (χ3n) is 2.85. The Morgan fingerprint density at radius 2 is 2.35 bits per heavy atom. The van der Waals surface area contributed by atoms with E-state index < -0.39 is 0 Å². The zero-order chi connectivity index (χ0) is 14.5. The molecule has 0 aliphatic rings. The highest BCUT2D eigenvalue weighted by Gasteiger charge is 2.16. The predicted molar refractivity (Wildman–Crippen MR) is 78.2 cm³/mol. The summed E-state index contributed by atoms with van der Waals surface area (Å²) in [5.74, 6) is 0.351. The smallest absolute Gasteiger partial charge is 0.151 e. The van der Waals surface area contributed by atoms with Crippen LogP contribution in [0.5, 0.6) is 0 Å². The lowest BCUT2D eigenvalue weighted by Gasteiger charge is -2.04. The molecule has 0 unspecified atom stereocenters. The highest BCUT2D eigenvalue weighted by Crippen LogP contribution is 2.29. The van der Waals surface area contributed by atoms with Crippen LogP contribution in [0.2, 0.25) is 0 Å². The number of fused-ring (bicyclic) bond motifs is 1. The van der Waals surface area contributed by atoms with Crippen molar-refractivity contribution in [2.45, 2.75) is 6.42 Å². The summed E-state index contributed by atoms with van der Waals surface area (Å²) >= 11 is 0. The fourth-order valence-electron chi connectivity index (χ4n) is 2.04. The van der Waals surface area contributed by atoms with Crippen molar-refractivity contribution in [1.82, 2.24) is 14.6 Å². The molecular weight excluding hydrogens is 252 g/mol. The Morgan fingerprint density at radius 3 is 3.00 bits per heavy atom. The number of allylic oxidation sites excluding steroid dienone is 4. The summed E-state index contributed by atoms with van der Waals surface area (Å²) in [5.41, 5.74) is 14.4. The topological polar surface area (TPSA) is 106 Å². The molecule has 100 valence electrons. The number of rotatable bonds is 4. The van der Waals surface area contributed by atoms with Crippen LogP contribution in [0.1, 0.15) is 11.1 Å². The maximum Gasteiger partial charge on any atom is 0.151 e. The fourth-order valence-corrected chi connectivity index (χ4v) is 2.04. The number of hydrogen-bond donors (Lipinski definition) is 2. The molecule has 0 spiro atoms. The summed E-state index contributed by atoms with van der Waals surface area (Å²) in [6.45, 7) is 3.79. The van der Waals surface area contributed by atoms with E-state index in [2.05, 4.69) is 22.7 Å². The van der Waals surface area contributed by atoms with Gasteiger partial charge in [-0.15, -0.1) is 0 Å². The maximum atomic E-state index is 8.96. The van der Waals surface area contributed by atoms with Gasteiger partial charge in [0.05, 0.1) is 12.5 Å². The standard InChI is InChI=1S/C14H14N6/c1-2-10(4-3-6-15)12-11(5-7-16)8-20-13(12)14(17)18-9-19-20/h2-4,6,8-9H,1,5,15H2,(H2,17,18,19)/b6-3+,10-4+. The molecule has 2 aromatic heterocycles. The van der Waals surface area contributed by atoms with E-state index in [9.17, 15) is 0 Å². The largest absolute Gasteiger partial charge is 0.405 e. The molecule has 0 radical (unpaired) electrons. The van der Waals surface area contributed by atoms with Gasteiger partial charge in [0.25, 0.3) is 0 Å². The second kappa shape index (κ2) is 5.71. The van der Waals surface area contributed by atoms with Gasteiger partial charge in [-0.1, -0.05) is 18.7 Å². The van der Waals surface area contributed by atoms with Gasteiger partial charge in [0.15, 0.2) is 5.82 Å². The Labute approximate surface area is 116 Å². The fraction of sp³-hybridized carbons (Fsp3) is 0.0714. The first kappa shape index (κ1) is 13.4. The number of aromatic nitrogens is 3. The van der Waals surface area contributed by atoms with Crippen LogP contribution in [0.4, 0.5) is 5.82 Å². The Morgan fingerprint density at radius 1 is 1.55 bits per heavy atom. The molecule has 2 rings (SSSR count). The minimum absolute atomic E-state index is 0.246. The molecule has 0 aliphatic carbocycles. The molecule has 0 bridgehead atoms. The zero-order valence-electron chi connectivity index (χ0n) is 10.8. The Kier molecular flexibility index (Phi) is 3.82. The molecule has 0 atom stereocenters. The van der Waals surface area contributed by atoms with Gasteiger partial charge in [-0.2, -0.15) is 10.4 Å². The Balaban J connectivity index is 2.80. The summed E-state index contributed by atoms with van der Waals surface area (Å²) in [5, 5.41) is 13.1. The molecule has 0 aliphatic heterocycles. The van der Waals surface area contributed by atoms with E-state index in [1.54, 1.807) is 28.9 Å². The molecule has 0 fully saturated rings. The highest BCUT2D eigenvalue weighted by molar-refractivity contribution is 5.91. The third kappa shape index (κ3) is 2.24. The lowest BCUT2D eigenvalue weighted by molar-refractivity contribution is 0.903. The van der Waals surface area contributed by atoms with E-state index in [0.717, 1.165) is 16.7 Å². The quantitative estimate of drug-likeness (QED) is 0.814. The van der Waals surface area contributed by atoms with Crippen molar-refractivity contribution in [3.05, 3.63) is 54.7 Å². The summed E-state index contributed by atoms with van der Waals surface area (Å²) in [6, 6.07) is 2.13. The van der Waals surface area contributed by atoms with Crippen molar-refractivity contribution in [3.8, 4) is 6.07 Å². The maximum absolute atomic E-state index is 8.96. The van der Waals surface area contributed by atoms with Gasteiger partial charge in [-0.05, 0) is 23.4 Å². The van der Waals surface area contributed by atoms with Crippen molar-refractivity contribution in [3.63, 3.8) is 0 Å². The number of anilines is 1. The minimum Gasteiger partial charge on any atom is -0.405 e. The normalized spacial score (nSPS) is 11.8. The average Bonchev–Trinajstić information content (AvgIpc) is 2.80. The van der Waals surface area contributed by atoms with Crippen LogP contribution in [0.15, 0.2) is 43.5 Å². The Bertz CT molecular complexity index is 745. The summed E-state index contributed by atoms with van der Waals surface area (Å²) < 4.78 is 1.62. The van der Waals surface area contributed by atoms with Crippen molar-refractivity contribution >= 4 is 16.9 Å². The van der Waals surface area contributed by atoms with Crippen LogP contribution in [0, 0.1) is 11.3 Å². The number of nitrogens with two attached hydrogens (primary N) is 2. The van der Waals surface area contributed by atoms with Gasteiger partial charge in [0.2, 0.25) is 0 Å². The van der Waals surface area contributed by atoms with Gasteiger partial charge in [0.1, 0.15) is 11.8 Å². The molecule has 0 aromatic carbocycles. The second-order valence-electron chi connectivity index (χ2n) is 4.01. The van der Waals surface area contributed by atoms with E-state index in [1.807, 2.05) is 0 Å². The first-order valence-corrected chi connectivity index (χ1v) is 5.92. The molecule has 2 heterocycles. The lowest BCUT2D eigenvalue weighted by atomic mass is 10.0. The van der Waals surface area contributed by atoms with Crippen LogP contribution in [-0.4, -0.2) is 14.6 Å². The van der Waals surface area contributed by atoms with Gasteiger partial charge < -0.3 is 11.5 Å². The monoisotopic (exact) mass is 266 g/mol. The van der Waals surface area contributed by atoms with Crippen molar-refractivity contribution in [1.29, 1.82) is 5.26 Å². The van der Waals surface area contributed by atoms with Gasteiger partial charge in [-0.3, -0.25) is 0 Å². The van der Waals surface area contributed by atoms with Gasteiger partial charge >= 0.3 is 0 Å². The number of nitrogens with zero attached hydrogens (tertiary/aromatic N) is 4. The molecule has 20 heavy (non-hydrogen) atoms. The average molecular weight is 266 g/mol. The molecule has 6 nitrogen and oxygen atoms in total. The summed E-state index contributed by atoms with van der Waals surface area (Å²) in [7, 11) is 0. The predicted octanol–water partition coefficient (Wildman–Crippen LogP) is 1.42. The minimum atomic E-state index is 0.246. The van der Waals surface area contributed by atoms with Crippen LogP contribution < -0.4 is 11.5 Å². The summed E-state index contributed by atoms with van der Waals surface area (Å²) in [6.07, 6.45) is 9.99. The van der Waals surface area contributed by atoms with E-state index in [4.69, 9.17) is 16.7 Å². The molecule has 0 amide bonds. The van der Waals surface area contributed by atoms with Crippen LogP contribution in [0.3, 0.4) is 0 Å². The Hall–Kier alpha value is -3.07. The van der Waals surface area contributed by atoms with Crippen molar-refractivity contribution < 1.29 is 0 Å². The van der Waals surface area contributed by atoms with E-state index in [-0.39, 0.29) is 6.42 Å². The van der Waals surface area contributed by atoms with Crippen LogP contribution in [-0.2, 0) is 6.42 Å². The first-order chi connectivity index (χ1) is 9.72. The molecule has 2 aromatic rings. The third-order valence-corrected chi connectivity index (χ3v) is 2.85. The first-order valence-electron chi connectivity index (χ1n) is 5.92. The highest BCUT2D eigenvalue weighted by atomic mass is 15.2. The molecule has 0 saturated carbocycles. The van der Waals surface area contributed by atoms with Crippen LogP contribution in [0.25, 0.3) is 11.1 Å². The van der Waals surface area contributed by atoms with Crippen LogP contribution >= 0.6 is 0 Å². The molecule has 0 saturated heterocycles. The lowest BCUT2D eigenvalue weighted by Crippen LogP contribution is -1.99. The molecule has 4 N–H and O–H groups in total. The van der Waals surface area contributed by atoms with E-state index >= 15 is 0 Å². The van der Waals surface area contributed by atoms with Gasteiger partial charge in [-0.25, -0.2) is 9.50 Å². The number of nitriles is 1. The zero-order valence-corrected chi connectivity index (χ0v) is 10.8. The van der Waals surface area contributed by atoms with Crippen molar-refractivity contribution in [2.75, 3.05) is 5.73 Å². The number of nitrogen functional groups attached to an aromatic ring is 1. The summed E-state index contributed by atoms with van der Waals surface area (Å²) in [4.78, 5) is 4.00. The molecule has 6 heteroatoms. The molecular formula is C14H14N6. The van der Waals surface area contributed by atoms with Crippen molar-refractivity contribution in [2.24, 2.45) is 5.73 Å². The SMILES string of the molecule is C=C/C(=C\C=C\N)c1c(CC#N)cn2ncnc(N)c12. The van der Waals surface area contributed by atoms with E-state index in [1.165, 1.54) is 12.5 Å².